The number of aromatic nitrogens is 3. The molecule has 0 amide bonds. The van der Waals surface area contributed by atoms with Crippen LogP contribution in [0.2, 0.25) is 0 Å². The highest BCUT2D eigenvalue weighted by Crippen LogP contribution is 2.46. The minimum Gasteiger partial charge on any atom is -0.452 e. The Hall–Kier alpha value is -7.80. The van der Waals surface area contributed by atoms with Gasteiger partial charge in [0.15, 0.2) is 22.8 Å². The standard InChI is InChI=1S/C48H27N5O/c1-49-34-22-24-41-39(28-34)40-29-35(50-2)23-25-42(40)53(41)46-37(30-14-6-3-7-15-30)26-33(27-38(46)31-16-8-4-9-17-31)44-47-45(36-20-12-13-21-43(36)54-47)52-48(51-44)32-18-10-5-11-19-32/h3-29H. The number of para-hydroxylation sites is 1. The average Bonchev–Trinajstić information content (AvgIpc) is 3.78. The Morgan fingerprint density at radius 2 is 1.00 bits per heavy atom. The Kier molecular flexibility index (Phi) is 7.15. The van der Waals surface area contributed by atoms with Gasteiger partial charge < -0.3 is 8.98 Å². The molecule has 0 unspecified atom stereocenters. The maximum Gasteiger partial charge on any atom is 0.188 e. The molecule has 7 aromatic carbocycles. The lowest BCUT2D eigenvalue weighted by atomic mass is 9.91. The average molecular weight is 690 g/mol. The van der Waals surface area contributed by atoms with E-state index in [1.54, 1.807) is 0 Å². The summed E-state index contributed by atoms with van der Waals surface area (Å²) in [6, 6.07) is 54.9. The smallest absolute Gasteiger partial charge is 0.188 e. The number of nitrogens with zero attached hydrogens (tertiary/aromatic N) is 5. The van der Waals surface area contributed by atoms with Crippen LogP contribution in [-0.2, 0) is 0 Å². The van der Waals surface area contributed by atoms with Crippen molar-refractivity contribution in [2.24, 2.45) is 0 Å². The zero-order valence-corrected chi connectivity index (χ0v) is 28.7. The Labute approximate surface area is 310 Å². The van der Waals surface area contributed by atoms with Crippen LogP contribution in [0.1, 0.15) is 0 Å². The minimum absolute atomic E-state index is 0.546. The van der Waals surface area contributed by atoms with E-state index in [2.05, 4.69) is 74.9 Å². The molecule has 0 spiro atoms. The molecule has 10 rings (SSSR count). The molecule has 0 saturated carbocycles. The molecule has 250 valence electrons. The van der Waals surface area contributed by atoms with E-state index < -0.39 is 0 Å². The highest BCUT2D eigenvalue weighted by Gasteiger charge is 2.25. The summed E-state index contributed by atoms with van der Waals surface area (Å²) in [5.41, 5.74) is 12.6. The van der Waals surface area contributed by atoms with Gasteiger partial charge in [-0.2, -0.15) is 0 Å². The highest BCUT2D eigenvalue weighted by atomic mass is 16.3. The maximum absolute atomic E-state index is 7.79. The van der Waals surface area contributed by atoms with Crippen LogP contribution in [0.5, 0.6) is 0 Å². The summed E-state index contributed by atoms with van der Waals surface area (Å²) in [6.07, 6.45) is 0. The SMILES string of the molecule is [C-]#[N+]c1ccc2c(c1)c1cc([N+]#[C-])ccc1n2-c1c(-c2ccccc2)cc(-c2nc(-c3ccccc3)nc3c2oc2ccccc23)cc1-c1ccccc1. The molecular weight excluding hydrogens is 663 g/mol. The van der Waals surface area contributed by atoms with Crippen molar-refractivity contribution >= 4 is 55.2 Å². The van der Waals surface area contributed by atoms with Gasteiger partial charge in [-0.05, 0) is 70.4 Å². The summed E-state index contributed by atoms with van der Waals surface area (Å²) in [5, 5.41) is 2.76. The summed E-state index contributed by atoms with van der Waals surface area (Å²) in [6.45, 7) is 15.6. The third-order valence-electron chi connectivity index (χ3n) is 10.0. The number of benzene rings is 7. The van der Waals surface area contributed by atoms with E-state index in [0.717, 1.165) is 77.4 Å². The fraction of sp³-hybridized carbons (Fsp3) is 0. The molecule has 6 heteroatoms. The Balaban J connectivity index is 1.37. The van der Waals surface area contributed by atoms with E-state index in [-0.39, 0.29) is 0 Å². The van der Waals surface area contributed by atoms with Crippen LogP contribution in [0.4, 0.5) is 11.4 Å². The molecule has 6 nitrogen and oxygen atoms in total. The molecule has 0 bridgehead atoms. The van der Waals surface area contributed by atoms with Crippen molar-refractivity contribution in [1.82, 2.24) is 14.5 Å². The van der Waals surface area contributed by atoms with Gasteiger partial charge in [-0.25, -0.2) is 19.7 Å². The van der Waals surface area contributed by atoms with Gasteiger partial charge in [0.2, 0.25) is 0 Å². The van der Waals surface area contributed by atoms with Crippen molar-refractivity contribution in [2.75, 3.05) is 0 Å². The lowest BCUT2D eigenvalue weighted by Crippen LogP contribution is -2.02. The van der Waals surface area contributed by atoms with Gasteiger partial charge in [-0.15, -0.1) is 0 Å². The van der Waals surface area contributed by atoms with E-state index in [4.69, 9.17) is 27.5 Å². The number of hydrogen-bond acceptors (Lipinski definition) is 3. The zero-order chi connectivity index (χ0) is 36.2. The van der Waals surface area contributed by atoms with Crippen LogP contribution in [0.25, 0.3) is 104 Å². The Morgan fingerprint density at radius 1 is 0.481 bits per heavy atom. The second-order valence-corrected chi connectivity index (χ2v) is 13.2. The Bertz CT molecular complexity index is 3040. The summed E-state index contributed by atoms with van der Waals surface area (Å²) in [4.78, 5) is 17.9. The third kappa shape index (κ3) is 4.94. The van der Waals surface area contributed by atoms with Gasteiger partial charge in [-0.3, -0.25) is 0 Å². The van der Waals surface area contributed by atoms with E-state index in [9.17, 15) is 0 Å². The first-order valence-electron chi connectivity index (χ1n) is 17.6. The molecule has 0 aliphatic heterocycles. The van der Waals surface area contributed by atoms with Crippen LogP contribution in [0, 0.1) is 13.1 Å². The monoisotopic (exact) mass is 689 g/mol. The maximum atomic E-state index is 7.79. The fourth-order valence-corrected chi connectivity index (χ4v) is 7.57. The van der Waals surface area contributed by atoms with E-state index in [1.165, 1.54) is 0 Å². The van der Waals surface area contributed by atoms with Gasteiger partial charge >= 0.3 is 0 Å². The van der Waals surface area contributed by atoms with Crippen LogP contribution in [-0.4, -0.2) is 14.5 Å². The lowest BCUT2D eigenvalue weighted by Gasteiger charge is -2.21. The van der Waals surface area contributed by atoms with Crippen LogP contribution < -0.4 is 0 Å². The first-order valence-corrected chi connectivity index (χ1v) is 17.6. The predicted molar refractivity (Wildman–Crippen MR) is 218 cm³/mol. The predicted octanol–water partition coefficient (Wildman–Crippen LogP) is 13.2. The van der Waals surface area contributed by atoms with E-state index in [0.29, 0.717) is 28.5 Å². The fourth-order valence-electron chi connectivity index (χ4n) is 7.57. The molecule has 3 heterocycles. The number of hydrogen-bond donors (Lipinski definition) is 0. The molecule has 0 radical (unpaired) electrons. The van der Waals surface area contributed by atoms with Gasteiger partial charge in [0.25, 0.3) is 0 Å². The first kappa shape index (κ1) is 31.0. The largest absolute Gasteiger partial charge is 0.452 e. The molecule has 0 N–H and O–H groups in total. The molecule has 0 aliphatic carbocycles. The second-order valence-electron chi connectivity index (χ2n) is 13.2. The van der Waals surface area contributed by atoms with Crippen LogP contribution in [0.15, 0.2) is 168 Å². The first-order chi connectivity index (χ1) is 26.7. The normalized spacial score (nSPS) is 11.3. The highest BCUT2D eigenvalue weighted by molar-refractivity contribution is 6.13. The number of fused-ring (bicyclic) bond motifs is 6. The third-order valence-corrected chi connectivity index (χ3v) is 10.0. The van der Waals surface area contributed by atoms with Crippen molar-refractivity contribution in [2.45, 2.75) is 0 Å². The number of rotatable bonds is 5. The van der Waals surface area contributed by atoms with Crippen molar-refractivity contribution in [1.29, 1.82) is 0 Å². The topological polar surface area (TPSA) is 52.6 Å². The van der Waals surface area contributed by atoms with Crippen molar-refractivity contribution in [3.05, 3.63) is 187 Å². The van der Waals surface area contributed by atoms with Crippen molar-refractivity contribution in [3.8, 4) is 50.6 Å². The van der Waals surface area contributed by atoms with Gasteiger partial charge in [-0.1, -0.05) is 115 Å². The molecule has 0 fully saturated rings. The van der Waals surface area contributed by atoms with Crippen LogP contribution >= 0.6 is 0 Å². The van der Waals surface area contributed by atoms with Crippen LogP contribution in [0.3, 0.4) is 0 Å². The van der Waals surface area contributed by atoms with Gasteiger partial charge in [0.05, 0.1) is 29.9 Å². The summed E-state index contributed by atoms with van der Waals surface area (Å²) in [5.74, 6) is 0.616. The summed E-state index contributed by atoms with van der Waals surface area (Å²) >= 11 is 0. The quantitative estimate of drug-likeness (QED) is 0.169. The van der Waals surface area contributed by atoms with Gasteiger partial charge in [0.1, 0.15) is 16.8 Å². The molecular formula is C48H27N5O. The lowest BCUT2D eigenvalue weighted by molar-refractivity contribution is 0.667. The summed E-state index contributed by atoms with van der Waals surface area (Å²) < 4.78 is 8.89. The molecule has 0 atom stereocenters. The summed E-state index contributed by atoms with van der Waals surface area (Å²) in [7, 11) is 0. The Morgan fingerprint density at radius 3 is 1.56 bits per heavy atom. The molecule has 0 aliphatic rings. The van der Waals surface area contributed by atoms with Crippen molar-refractivity contribution < 1.29 is 4.42 Å². The van der Waals surface area contributed by atoms with E-state index >= 15 is 0 Å². The minimum atomic E-state index is 0.546. The second kappa shape index (κ2) is 12.5. The molecule has 10 aromatic rings. The van der Waals surface area contributed by atoms with Crippen molar-refractivity contribution in [3.63, 3.8) is 0 Å². The molecule has 0 saturated heterocycles. The molecule has 3 aromatic heterocycles. The molecule has 54 heavy (non-hydrogen) atoms. The van der Waals surface area contributed by atoms with Gasteiger partial charge in [0, 0.05) is 27.6 Å². The number of furan rings is 1. The van der Waals surface area contributed by atoms with E-state index in [1.807, 2.05) is 103 Å². The zero-order valence-electron chi connectivity index (χ0n) is 28.7.